The van der Waals surface area contributed by atoms with E-state index in [9.17, 15) is 0 Å². The summed E-state index contributed by atoms with van der Waals surface area (Å²) in [6.45, 7) is 19.4. The van der Waals surface area contributed by atoms with Crippen molar-refractivity contribution in [3.8, 4) is 55.6 Å². The molecule has 0 amide bonds. The molecule has 1 unspecified atom stereocenters. The number of hydrogen-bond donors (Lipinski definition) is 0. The van der Waals surface area contributed by atoms with E-state index in [1.54, 1.807) is 33.4 Å². The summed E-state index contributed by atoms with van der Waals surface area (Å²) in [4.78, 5) is 2.74. The molecule has 116 heavy (non-hydrogen) atoms. The Morgan fingerprint density at radius 3 is 1.25 bits per heavy atom. The predicted octanol–water partition coefficient (Wildman–Crippen LogP) is 35.8. The Hall–Kier alpha value is -8.40. The van der Waals surface area contributed by atoms with Gasteiger partial charge in [-0.3, -0.25) is 0 Å². The van der Waals surface area contributed by atoms with E-state index in [-0.39, 0.29) is 21.7 Å². The molecule has 0 saturated heterocycles. The molecule has 2 heterocycles. The van der Waals surface area contributed by atoms with Crippen LogP contribution in [0.2, 0.25) is 0 Å². The minimum absolute atomic E-state index is 0.117. The van der Waals surface area contributed by atoms with Gasteiger partial charge in [-0.15, -0.1) is 0 Å². The van der Waals surface area contributed by atoms with Crippen LogP contribution in [0.3, 0.4) is 0 Å². The molecule has 0 radical (unpaired) electrons. The van der Waals surface area contributed by atoms with Gasteiger partial charge in [0.05, 0.1) is 5.69 Å². The third kappa shape index (κ3) is 15.0. The molecule has 3 heteroatoms. The fourth-order valence-electron chi connectivity index (χ4n) is 23.3. The molecule has 0 aliphatic heterocycles. The van der Waals surface area contributed by atoms with Gasteiger partial charge in [0, 0.05) is 65.7 Å². The second kappa shape index (κ2) is 36.9. The standard InChI is InChI=1S/C113H137NO2/c1-9-16-22-28-34-49-71-111(72-50-35-29-23-17-10-2)93-69-70-101-103(88-59-43-47-63-99(88)115-101)102(93)91-80-96-90(79-97(91)111)85-67-65-83(78-95(85)112(96,73-51-36-30-24-18-11-3)74-52-37-31-25-19-12-4)114(98-62-46-42-57-84(98)81-55-39-38-40-56-81)82-66-68-87-94(77-82)110(8,15-7)107-106(87)109-105(89-60-44-48-64-100(89)116-109)104-86-58-41-45-61-92(86)113(108(104)107,75-53-32-26-20-13-5)76-54-33-27-21-14-6/h38-48,55-70,77-80H,9-37,49-54,71-76H2,1-8H3. The highest BCUT2D eigenvalue weighted by Crippen LogP contribution is 2.68. The molecule has 0 N–H and O–H groups in total. The predicted molar refractivity (Wildman–Crippen MR) is 501 cm³/mol. The van der Waals surface area contributed by atoms with Gasteiger partial charge < -0.3 is 13.7 Å². The molecule has 12 aromatic rings. The normalized spacial score (nSPS) is 15.5. The van der Waals surface area contributed by atoms with Gasteiger partial charge in [-0.25, -0.2) is 0 Å². The number of furan rings is 2. The van der Waals surface area contributed by atoms with Gasteiger partial charge in [0.25, 0.3) is 0 Å². The van der Waals surface area contributed by atoms with Crippen LogP contribution >= 0.6 is 0 Å². The lowest BCUT2D eigenvalue weighted by molar-refractivity contribution is 0.391. The van der Waals surface area contributed by atoms with Crippen molar-refractivity contribution < 1.29 is 8.83 Å². The highest BCUT2D eigenvalue weighted by Gasteiger charge is 2.54. The molecule has 0 spiro atoms. The van der Waals surface area contributed by atoms with Gasteiger partial charge >= 0.3 is 0 Å². The fourth-order valence-corrected chi connectivity index (χ4v) is 23.3. The first kappa shape index (κ1) is 81.3. The number of nitrogens with zero attached hydrogens (tertiary/aromatic N) is 1. The van der Waals surface area contributed by atoms with E-state index in [1.807, 2.05) is 0 Å². The number of anilines is 3. The fraction of sp³-hybridized carbons (Fsp3) is 0.469. The molecule has 16 rings (SSSR count). The SMILES string of the molecule is CCCCCCCCC1(CCCCCCCC)c2cc(N(c3ccc4c(c3)C(C)(CC)c3c5c(c6c(oc7ccccc76)c3-4)-c3ccccc3C5(CCCCCCC)CCCCCCC)c3ccccc3-c3ccccc3)ccc2-c2cc3c(cc21)-c1c(ccc2oc4ccccc4c12)C3(CCCCCCCC)CCCCCCCC. The lowest BCUT2D eigenvalue weighted by Gasteiger charge is -2.38. The van der Waals surface area contributed by atoms with Crippen molar-refractivity contribution in [3.63, 3.8) is 0 Å². The van der Waals surface area contributed by atoms with Gasteiger partial charge in [-0.1, -0.05) is 401 Å². The summed E-state index contributed by atoms with van der Waals surface area (Å²) in [5, 5.41) is 5.15. The molecule has 4 aliphatic rings. The van der Waals surface area contributed by atoms with Crippen LogP contribution in [0.15, 0.2) is 197 Å². The lowest BCUT2D eigenvalue weighted by Crippen LogP contribution is -2.31. The highest BCUT2D eigenvalue weighted by molar-refractivity contribution is 6.21. The molecule has 2 aromatic heterocycles. The maximum atomic E-state index is 7.56. The van der Waals surface area contributed by atoms with Crippen LogP contribution in [0, 0.1) is 0 Å². The first-order chi connectivity index (χ1) is 57.2. The highest BCUT2D eigenvalue weighted by atomic mass is 16.3. The lowest BCUT2D eigenvalue weighted by atomic mass is 9.65. The Bertz CT molecular complexity index is 5300. The van der Waals surface area contributed by atoms with Crippen LogP contribution in [0.5, 0.6) is 0 Å². The average Bonchev–Trinajstić information content (AvgIpc) is 1.53. The van der Waals surface area contributed by atoms with Crippen LogP contribution in [-0.4, -0.2) is 0 Å². The summed E-state index contributed by atoms with van der Waals surface area (Å²) >= 11 is 0. The summed E-state index contributed by atoms with van der Waals surface area (Å²) < 4.78 is 14.6. The van der Waals surface area contributed by atoms with E-state index < -0.39 is 0 Å². The minimum atomic E-state index is -0.351. The number of para-hydroxylation sites is 3. The second-order valence-electron chi connectivity index (χ2n) is 36.8. The summed E-state index contributed by atoms with van der Waals surface area (Å²) in [5.41, 5.74) is 33.4. The summed E-state index contributed by atoms with van der Waals surface area (Å²) in [5.74, 6) is 0. The van der Waals surface area contributed by atoms with Crippen LogP contribution < -0.4 is 4.90 Å². The molecule has 10 aromatic carbocycles. The van der Waals surface area contributed by atoms with E-state index >= 15 is 0 Å². The van der Waals surface area contributed by atoms with Crippen LogP contribution in [-0.2, 0) is 21.7 Å². The van der Waals surface area contributed by atoms with Crippen molar-refractivity contribution in [2.75, 3.05) is 4.90 Å². The van der Waals surface area contributed by atoms with E-state index in [2.05, 4.69) is 248 Å². The Labute approximate surface area is 698 Å². The number of fused-ring (bicyclic) bond motifs is 22. The van der Waals surface area contributed by atoms with Gasteiger partial charge in [0.1, 0.15) is 22.3 Å². The summed E-state index contributed by atoms with van der Waals surface area (Å²) in [7, 11) is 0. The number of hydrogen-bond acceptors (Lipinski definition) is 3. The van der Waals surface area contributed by atoms with Gasteiger partial charge in [-0.05, 0) is 195 Å². The molecular weight excluding hydrogens is 1400 g/mol. The zero-order valence-electron chi connectivity index (χ0n) is 72.7. The van der Waals surface area contributed by atoms with Crippen LogP contribution in [0.4, 0.5) is 17.1 Å². The van der Waals surface area contributed by atoms with Crippen molar-refractivity contribution in [2.24, 2.45) is 0 Å². The third-order valence-corrected chi connectivity index (χ3v) is 29.5. The largest absolute Gasteiger partial charge is 0.456 e. The number of unbranched alkanes of at least 4 members (excludes halogenated alkanes) is 28. The van der Waals surface area contributed by atoms with Crippen molar-refractivity contribution in [1.82, 2.24) is 0 Å². The molecule has 606 valence electrons. The molecule has 0 fully saturated rings. The van der Waals surface area contributed by atoms with Crippen molar-refractivity contribution >= 4 is 60.9 Å². The van der Waals surface area contributed by atoms with E-state index in [1.165, 1.54) is 337 Å². The molecule has 0 saturated carbocycles. The zero-order chi connectivity index (χ0) is 79.6. The first-order valence-corrected chi connectivity index (χ1v) is 47.7. The van der Waals surface area contributed by atoms with Crippen molar-refractivity contribution in [3.05, 3.63) is 233 Å². The van der Waals surface area contributed by atoms with Gasteiger partial charge in [-0.2, -0.15) is 0 Å². The topological polar surface area (TPSA) is 29.5 Å². The van der Waals surface area contributed by atoms with Gasteiger partial charge in [0.2, 0.25) is 0 Å². The molecule has 0 bridgehead atoms. The quantitative estimate of drug-likeness (QED) is 0.0356. The second-order valence-corrected chi connectivity index (χ2v) is 36.8. The molecule has 4 aliphatic carbocycles. The Morgan fingerprint density at radius 1 is 0.267 bits per heavy atom. The summed E-state index contributed by atoms with van der Waals surface area (Å²) in [6.07, 6.45) is 51.5. The number of benzene rings is 10. The van der Waals surface area contributed by atoms with Crippen LogP contribution in [0.25, 0.3) is 99.5 Å². The Morgan fingerprint density at radius 2 is 0.690 bits per heavy atom. The maximum Gasteiger partial charge on any atom is 0.144 e. The Balaban J connectivity index is 0.926. The monoisotopic (exact) mass is 1540 g/mol. The zero-order valence-corrected chi connectivity index (χ0v) is 72.7. The maximum absolute atomic E-state index is 7.56. The third-order valence-electron chi connectivity index (χ3n) is 29.5. The smallest absolute Gasteiger partial charge is 0.144 e. The first-order valence-electron chi connectivity index (χ1n) is 47.7. The van der Waals surface area contributed by atoms with E-state index in [4.69, 9.17) is 8.83 Å². The van der Waals surface area contributed by atoms with Crippen molar-refractivity contribution in [1.29, 1.82) is 0 Å². The van der Waals surface area contributed by atoms with E-state index in [0.717, 1.165) is 54.4 Å². The average molecular weight is 1540 g/mol. The molecule has 3 nitrogen and oxygen atoms in total. The minimum Gasteiger partial charge on any atom is -0.456 e. The van der Waals surface area contributed by atoms with Crippen molar-refractivity contribution in [2.45, 2.75) is 340 Å². The van der Waals surface area contributed by atoms with Gasteiger partial charge in [0.15, 0.2) is 0 Å². The molecule has 1 atom stereocenters. The number of rotatable bonds is 45. The molecular formula is C113H137NO2. The summed E-state index contributed by atoms with van der Waals surface area (Å²) in [6, 6.07) is 75.2. The van der Waals surface area contributed by atoms with Crippen LogP contribution in [0.1, 0.15) is 363 Å². The van der Waals surface area contributed by atoms with E-state index in [0.29, 0.717) is 0 Å². The Kier molecular flexibility index (Phi) is 25.8.